The molecule has 0 heterocycles. The third-order valence-electron chi connectivity index (χ3n) is 2.59. The van der Waals surface area contributed by atoms with Crippen LogP contribution >= 0.6 is 0 Å². The van der Waals surface area contributed by atoms with E-state index >= 15 is 0 Å². The van der Waals surface area contributed by atoms with Gasteiger partial charge in [0, 0.05) is 23.7 Å². The number of rotatable bonds is 5. The number of carboxylic acids is 1. The number of urea groups is 1. The smallest absolute Gasteiger partial charge is 0.319 e. The SMILES string of the molecule is CC(C)(CCC(=O)O)NC(=O)Nc1ccc(F)c(F)c1. The Morgan fingerprint density at radius 2 is 1.90 bits per heavy atom. The standard InChI is InChI=1S/C13H16F2N2O3/c1-13(2,6-5-11(18)19)17-12(20)16-8-3-4-9(14)10(15)7-8/h3-4,7H,5-6H2,1-2H3,(H,18,19)(H2,16,17,20). The van der Waals surface area contributed by atoms with Crippen LogP contribution in [0.5, 0.6) is 0 Å². The predicted octanol–water partition coefficient (Wildman–Crippen LogP) is 2.73. The third kappa shape index (κ3) is 5.21. The van der Waals surface area contributed by atoms with Crippen molar-refractivity contribution in [2.75, 3.05) is 5.32 Å². The van der Waals surface area contributed by atoms with Crippen LogP contribution in [-0.4, -0.2) is 22.6 Å². The van der Waals surface area contributed by atoms with Crippen LogP contribution in [0.15, 0.2) is 18.2 Å². The number of halogens is 2. The van der Waals surface area contributed by atoms with Crippen molar-refractivity contribution in [3.05, 3.63) is 29.8 Å². The van der Waals surface area contributed by atoms with Crippen molar-refractivity contribution in [3.63, 3.8) is 0 Å². The number of amides is 2. The van der Waals surface area contributed by atoms with E-state index in [2.05, 4.69) is 10.6 Å². The van der Waals surface area contributed by atoms with Crippen LogP contribution in [-0.2, 0) is 4.79 Å². The highest BCUT2D eigenvalue weighted by Gasteiger charge is 2.21. The second-order valence-corrected chi connectivity index (χ2v) is 4.99. The second-order valence-electron chi connectivity index (χ2n) is 4.99. The first-order valence-electron chi connectivity index (χ1n) is 5.95. The van der Waals surface area contributed by atoms with E-state index in [0.29, 0.717) is 0 Å². The van der Waals surface area contributed by atoms with E-state index in [1.807, 2.05) is 0 Å². The number of nitrogens with one attached hydrogen (secondary N) is 2. The lowest BCUT2D eigenvalue weighted by atomic mass is 9.99. The Kier molecular flexibility index (Phi) is 5.01. The van der Waals surface area contributed by atoms with Crippen LogP contribution < -0.4 is 10.6 Å². The van der Waals surface area contributed by atoms with Crippen molar-refractivity contribution < 1.29 is 23.5 Å². The molecule has 0 aliphatic heterocycles. The topological polar surface area (TPSA) is 78.4 Å². The molecular weight excluding hydrogens is 270 g/mol. The average Bonchev–Trinajstić information content (AvgIpc) is 2.31. The maximum absolute atomic E-state index is 13.0. The summed E-state index contributed by atoms with van der Waals surface area (Å²) in [4.78, 5) is 22.2. The quantitative estimate of drug-likeness (QED) is 0.778. The Morgan fingerprint density at radius 1 is 1.25 bits per heavy atom. The summed E-state index contributed by atoms with van der Waals surface area (Å²) in [6.07, 6.45) is 0.159. The molecule has 0 aromatic heterocycles. The highest BCUT2D eigenvalue weighted by Crippen LogP contribution is 2.15. The van der Waals surface area contributed by atoms with Crippen molar-refractivity contribution in [1.82, 2.24) is 5.32 Å². The van der Waals surface area contributed by atoms with Crippen molar-refractivity contribution in [3.8, 4) is 0 Å². The summed E-state index contributed by atoms with van der Waals surface area (Å²) >= 11 is 0. The second kappa shape index (κ2) is 6.31. The van der Waals surface area contributed by atoms with Gasteiger partial charge in [-0.05, 0) is 32.4 Å². The van der Waals surface area contributed by atoms with E-state index in [4.69, 9.17) is 5.11 Å². The molecule has 0 aliphatic carbocycles. The average molecular weight is 286 g/mol. The number of benzene rings is 1. The molecular formula is C13H16F2N2O3. The lowest BCUT2D eigenvalue weighted by Gasteiger charge is -2.25. The molecule has 0 spiro atoms. The minimum atomic E-state index is -1.06. The van der Waals surface area contributed by atoms with Gasteiger partial charge in [-0.25, -0.2) is 13.6 Å². The Morgan fingerprint density at radius 3 is 2.45 bits per heavy atom. The van der Waals surface area contributed by atoms with E-state index < -0.39 is 29.2 Å². The maximum Gasteiger partial charge on any atom is 0.319 e. The molecule has 2 amide bonds. The number of hydrogen-bond donors (Lipinski definition) is 3. The fourth-order valence-electron chi connectivity index (χ4n) is 1.53. The van der Waals surface area contributed by atoms with Gasteiger partial charge in [0.25, 0.3) is 0 Å². The highest BCUT2D eigenvalue weighted by molar-refractivity contribution is 5.89. The molecule has 5 nitrogen and oxygen atoms in total. The van der Waals surface area contributed by atoms with Gasteiger partial charge in [0.05, 0.1) is 0 Å². The fraction of sp³-hybridized carbons (Fsp3) is 0.385. The maximum atomic E-state index is 13.0. The van der Waals surface area contributed by atoms with Crippen molar-refractivity contribution in [2.24, 2.45) is 0 Å². The number of aliphatic carboxylic acids is 1. The van der Waals surface area contributed by atoms with Gasteiger partial charge in [-0.1, -0.05) is 0 Å². The molecule has 0 aliphatic rings. The van der Waals surface area contributed by atoms with E-state index in [1.165, 1.54) is 6.07 Å². The van der Waals surface area contributed by atoms with Crippen molar-refractivity contribution in [2.45, 2.75) is 32.2 Å². The molecule has 0 unspecified atom stereocenters. The number of carboxylic acid groups (broad SMARTS) is 1. The Hall–Kier alpha value is -2.18. The van der Waals surface area contributed by atoms with E-state index in [1.54, 1.807) is 13.8 Å². The molecule has 0 atom stereocenters. The van der Waals surface area contributed by atoms with Gasteiger partial charge in [0.2, 0.25) is 0 Å². The van der Waals surface area contributed by atoms with Crippen LogP contribution in [0, 0.1) is 11.6 Å². The van der Waals surface area contributed by atoms with Crippen LogP contribution in [0.25, 0.3) is 0 Å². The van der Waals surface area contributed by atoms with Crippen LogP contribution in [0.4, 0.5) is 19.3 Å². The van der Waals surface area contributed by atoms with Gasteiger partial charge in [-0.3, -0.25) is 4.79 Å². The molecule has 7 heteroatoms. The van der Waals surface area contributed by atoms with Crippen LogP contribution in [0.3, 0.4) is 0 Å². The minimum Gasteiger partial charge on any atom is -0.481 e. The lowest BCUT2D eigenvalue weighted by molar-refractivity contribution is -0.137. The number of anilines is 1. The largest absolute Gasteiger partial charge is 0.481 e. The van der Waals surface area contributed by atoms with Gasteiger partial charge in [-0.15, -0.1) is 0 Å². The molecule has 0 bridgehead atoms. The number of carbonyl (C=O) groups excluding carboxylic acids is 1. The van der Waals surface area contributed by atoms with Gasteiger partial charge >= 0.3 is 12.0 Å². The molecule has 1 rings (SSSR count). The Bertz CT molecular complexity index is 518. The first kappa shape index (κ1) is 15.9. The highest BCUT2D eigenvalue weighted by atomic mass is 19.2. The zero-order valence-electron chi connectivity index (χ0n) is 11.2. The summed E-state index contributed by atoms with van der Waals surface area (Å²) in [7, 11) is 0. The van der Waals surface area contributed by atoms with Gasteiger partial charge in [0.15, 0.2) is 11.6 Å². The molecule has 0 saturated heterocycles. The number of hydrogen-bond acceptors (Lipinski definition) is 2. The summed E-state index contributed by atoms with van der Waals surface area (Å²) in [6.45, 7) is 3.33. The fourth-order valence-corrected chi connectivity index (χ4v) is 1.53. The monoisotopic (exact) mass is 286 g/mol. The molecule has 20 heavy (non-hydrogen) atoms. The summed E-state index contributed by atoms with van der Waals surface area (Å²) in [5.41, 5.74) is -0.628. The zero-order valence-corrected chi connectivity index (χ0v) is 11.2. The normalized spacial score (nSPS) is 11.0. The third-order valence-corrected chi connectivity index (χ3v) is 2.59. The first-order valence-corrected chi connectivity index (χ1v) is 5.95. The predicted molar refractivity (Wildman–Crippen MR) is 69.5 cm³/mol. The molecule has 3 N–H and O–H groups in total. The molecule has 1 aromatic rings. The molecule has 1 aromatic carbocycles. The first-order chi connectivity index (χ1) is 9.19. The van der Waals surface area contributed by atoms with E-state index in [0.717, 1.165) is 12.1 Å². The van der Waals surface area contributed by atoms with Gasteiger partial charge in [-0.2, -0.15) is 0 Å². The molecule has 0 saturated carbocycles. The van der Waals surface area contributed by atoms with E-state index in [9.17, 15) is 18.4 Å². The van der Waals surface area contributed by atoms with Gasteiger partial charge in [0.1, 0.15) is 0 Å². The summed E-state index contributed by atoms with van der Waals surface area (Å²) < 4.78 is 25.7. The lowest BCUT2D eigenvalue weighted by Crippen LogP contribution is -2.45. The van der Waals surface area contributed by atoms with E-state index in [-0.39, 0.29) is 18.5 Å². The van der Waals surface area contributed by atoms with Gasteiger partial charge < -0.3 is 15.7 Å². The zero-order chi connectivity index (χ0) is 15.3. The Balaban J connectivity index is 2.58. The Labute approximate surface area is 115 Å². The molecule has 0 radical (unpaired) electrons. The summed E-state index contributed by atoms with van der Waals surface area (Å²) in [5.74, 6) is -3.02. The summed E-state index contributed by atoms with van der Waals surface area (Å²) in [6, 6.07) is 2.37. The van der Waals surface area contributed by atoms with Crippen molar-refractivity contribution >= 4 is 17.7 Å². The molecule has 110 valence electrons. The molecule has 0 fully saturated rings. The number of carbonyl (C=O) groups is 2. The van der Waals surface area contributed by atoms with Crippen molar-refractivity contribution in [1.29, 1.82) is 0 Å². The summed E-state index contributed by atoms with van der Waals surface area (Å²) in [5, 5.41) is 13.5. The van der Waals surface area contributed by atoms with Crippen LogP contribution in [0.1, 0.15) is 26.7 Å². The van der Waals surface area contributed by atoms with Crippen LogP contribution in [0.2, 0.25) is 0 Å². The minimum absolute atomic E-state index is 0.0849.